The summed E-state index contributed by atoms with van der Waals surface area (Å²) in [6, 6.07) is 3.11. The van der Waals surface area contributed by atoms with Crippen LogP contribution < -0.4 is 5.32 Å². The van der Waals surface area contributed by atoms with Crippen LogP contribution in [0.2, 0.25) is 0 Å². The summed E-state index contributed by atoms with van der Waals surface area (Å²) >= 11 is 3.56. The first-order chi connectivity index (χ1) is 10.0. The molecule has 5 nitrogen and oxygen atoms in total. The van der Waals surface area contributed by atoms with E-state index in [1.807, 2.05) is 0 Å². The van der Waals surface area contributed by atoms with E-state index >= 15 is 0 Å². The molecule has 21 heavy (non-hydrogen) atoms. The van der Waals surface area contributed by atoms with Crippen molar-refractivity contribution in [3.8, 4) is 0 Å². The van der Waals surface area contributed by atoms with Crippen LogP contribution in [0.15, 0.2) is 22.8 Å². The average molecular weight is 355 g/mol. The van der Waals surface area contributed by atoms with Gasteiger partial charge in [-0.1, -0.05) is 28.8 Å². The molecule has 0 radical (unpaired) electrons. The lowest BCUT2D eigenvalue weighted by atomic mass is 9.88. The molecule has 1 aromatic heterocycles. The molecule has 3 rings (SSSR count). The molecular formula is C15H19BrN2O3. The van der Waals surface area contributed by atoms with Crippen LogP contribution in [-0.4, -0.2) is 28.7 Å². The van der Waals surface area contributed by atoms with Crippen LogP contribution in [0.5, 0.6) is 0 Å². The number of nitrogens with zero attached hydrogens (tertiary/aromatic N) is 1. The van der Waals surface area contributed by atoms with Gasteiger partial charge in [0, 0.05) is 11.9 Å². The fraction of sp³-hybridized carbons (Fsp3) is 0.600. The Balaban J connectivity index is 1.84. The monoisotopic (exact) mass is 354 g/mol. The van der Waals surface area contributed by atoms with Gasteiger partial charge in [-0.3, -0.25) is 9.69 Å². The summed E-state index contributed by atoms with van der Waals surface area (Å²) in [7, 11) is 0. The summed E-state index contributed by atoms with van der Waals surface area (Å²) in [5.41, 5.74) is -1.08. The zero-order valence-electron chi connectivity index (χ0n) is 12.0. The number of nitrogens with one attached hydrogen (secondary N) is 1. The van der Waals surface area contributed by atoms with Crippen molar-refractivity contribution in [1.82, 2.24) is 10.2 Å². The van der Waals surface area contributed by atoms with Crippen LogP contribution in [-0.2, 0) is 10.3 Å². The SMILES string of the molecule is CC1(c2ccco2)NC(=O)N(CC2(CBr)CCCC2)C1=O. The highest BCUT2D eigenvalue weighted by Gasteiger charge is 2.52. The zero-order chi connectivity index (χ0) is 15.1. The van der Waals surface area contributed by atoms with Crippen LogP contribution >= 0.6 is 15.9 Å². The molecule has 1 saturated heterocycles. The highest BCUT2D eigenvalue weighted by Crippen LogP contribution is 2.42. The Kier molecular flexibility index (Phi) is 3.59. The van der Waals surface area contributed by atoms with Crippen LogP contribution in [0.1, 0.15) is 38.4 Å². The Morgan fingerprint density at radius 1 is 1.38 bits per heavy atom. The van der Waals surface area contributed by atoms with Gasteiger partial charge in [0.15, 0.2) is 5.54 Å². The summed E-state index contributed by atoms with van der Waals surface area (Å²) in [6.45, 7) is 2.17. The minimum Gasteiger partial charge on any atom is -0.466 e. The fourth-order valence-corrected chi connectivity index (χ4v) is 4.10. The molecule has 1 aliphatic carbocycles. The first-order valence-corrected chi connectivity index (χ1v) is 8.37. The van der Waals surface area contributed by atoms with Crippen LogP contribution in [0.25, 0.3) is 0 Å². The molecule has 0 spiro atoms. The van der Waals surface area contributed by atoms with E-state index in [0.717, 1.165) is 31.0 Å². The van der Waals surface area contributed by atoms with Gasteiger partial charge in [-0.2, -0.15) is 0 Å². The second-order valence-electron chi connectivity index (χ2n) is 6.26. The third kappa shape index (κ3) is 2.29. The number of furan rings is 1. The molecule has 3 amide bonds. The molecular weight excluding hydrogens is 336 g/mol. The lowest BCUT2D eigenvalue weighted by molar-refractivity contribution is -0.132. The summed E-state index contributed by atoms with van der Waals surface area (Å²) < 4.78 is 5.34. The molecule has 6 heteroatoms. The lowest BCUT2D eigenvalue weighted by Crippen LogP contribution is -2.43. The second-order valence-corrected chi connectivity index (χ2v) is 6.83. The van der Waals surface area contributed by atoms with E-state index in [1.54, 1.807) is 19.1 Å². The van der Waals surface area contributed by atoms with E-state index < -0.39 is 5.54 Å². The topological polar surface area (TPSA) is 62.6 Å². The van der Waals surface area contributed by atoms with Crippen molar-refractivity contribution in [2.45, 2.75) is 38.1 Å². The van der Waals surface area contributed by atoms with Gasteiger partial charge in [0.05, 0.1) is 6.26 Å². The minimum atomic E-state index is -1.09. The predicted molar refractivity (Wildman–Crippen MR) is 81.0 cm³/mol. The van der Waals surface area contributed by atoms with Crippen molar-refractivity contribution < 1.29 is 14.0 Å². The summed E-state index contributed by atoms with van der Waals surface area (Å²) in [6.07, 6.45) is 5.93. The normalized spacial score (nSPS) is 28.2. The number of halogens is 1. The van der Waals surface area contributed by atoms with E-state index in [-0.39, 0.29) is 17.4 Å². The van der Waals surface area contributed by atoms with Gasteiger partial charge in [0.25, 0.3) is 5.91 Å². The van der Waals surface area contributed by atoms with Gasteiger partial charge in [-0.15, -0.1) is 0 Å². The summed E-state index contributed by atoms with van der Waals surface area (Å²) in [5, 5.41) is 3.59. The molecule has 2 aliphatic rings. The smallest absolute Gasteiger partial charge is 0.325 e. The number of amides is 3. The Bertz CT molecular complexity index is 551. The first-order valence-electron chi connectivity index (χ1n) is 7.25. The van der Waals surface area contributed by atoms with Crippen molar-refractivity contribution >= 4 is 27.9 Å². The third-order valence-electron chi connectivity index (χ3n) is 4.73. The van der Waals surface area contributed by atoms with Crippen LogP contribution in [0.4, 0.5) is 4.79 Å². The number of urea groups is 1. The molecule has 1 aromatic rings. The number of hydrogen-bond donors (Lipinski definition) is 1. The molecule has 1 unspecified atom stereocenters. The third-order valence-corrected chi connectivity index (χ3v) is 5.92. The van der Waals surface area contributed by atoms with Gasteiger partial charge in [0.2, 0.25) is 0 Å². The number of rotatable bonds is 4. The molecule has 0 aromatic carbocycles. The minimum absolute atomic E-state index is 0.0153. The van der Waals surface area contributed by atoms with Gasteiger partial charge in [-0.05, 0) is 37.3 Å². The highest BCUT2D eigenvalue weighted by molar-refractivity contribution is 9.09. The number of carbonyl (C=O) groups is 2. The number of carbonyl (C=O) groups excluding carboxylic acids is 2. The lowest BCUT2D eigenvalue weighted by Gasteiger charge is -2.30. The van der Waals surface area contributed by atoms with E-state index in [9.17, 15) is 9.59 Å². The van der Waals surface area contributed by atoms with Gasteiger partial charge >= 0.3 is 6.03 Å². The van der Waals surface area contributed by atoms with Crippen LogP contribution in [0, 0.1) is 5.41 Å². The summed E-state index contributed by atoms with van der Waals surface area (Å²) in [5.74, 6) is 0.248. The molecule has 1 atom stereocenters. The Hall–Kier alpha value is -1.30. The van der Waals surface area contributed by atoms with E-state index in [0.29, 0.717) is 12.3 Å². The highest BCUT2D eigenvalue weighted by atomic mass is 79.9. The maximum absolute atomic E-state index is 12.7. The Morgan fingerprint density at radius 3 is 2.67 bits per heavy atom. The van der Waals surface area contributed by atoms with Crippen molar-refractivity contribution in [2.24, 2.45) is 5.41 Å². The number of hydrogen-bond acceptors (Lipinski definition) is 3. The second kappa shape index (κ2) is 5.16. The zero-order valence-corrected chi connectivity index (χ0v) is 13.6. The van der Waals surface area contributed by atoms with Gasteiger partial charge in [0.1, 0.15) is 5.76 Å². The Morgan fingerprint density at radius 2 is 2.10 bits per heavy atom. The molecule has 1 aliphatic heterocycles. The van der Waals surface area contributed by atoms with Crippen molar-refractivity contribution in [1.29, 1.82) is 0 Å². The molecule has 1 N–H and O–H groups in total. The molecule has 1 saturated carbocycles. The van der Waals surface area contributed by atoms with Crippen molar-refractivity contribution in [2.75, 3.05) is 11.9 Å². The van der Waals surface area contributed by atoms with Gasteiger partial charge < -0.3 is 9.73 Å². The maximum Gasteiger partial charge on any atom is 0.325 e. The standard InChI is InChI=1S/C15H19BrN2O3/c1-14(11-5-4-8-21-11)12(19)18(13(20)17-14)10-15(9-16)6-2-3-7-15/h4-5,8H,2-3,6-7,9-10H2,1H3,(H,17,20). The number of imide groups is 1. The molecule has 2 heterocycles. The largest absolute Gasteiger partial charge is 0.466 e. The van der Waals surface area contributed by atoms with Crippen molar-refractivity contribution in [3.63, 3.8) is 0 Å². The van der Waals surface area contributed by atoms with Crippen LogP contribution in [0.3, 0.4) is 0 Å². The predicted octanol–water partition coefficient (Wildman–Crippen LogP) is 3.00. The van der Waals surface area contributed by atoms with Crippen molar-refractivity contribution in [3.05, 3.63) is 24.2 Å². The average Bonchev–Trinajstić information content (AvgIpc) is 3.18. The number of alkyl halides is 1. The Labute approximate surface area is 132 Å². The molecule has 114 valence electrons. The van der Waals surface area contributed by atoms with E-state index in [1.165, 1.54) is 11.2 Å². The molecule has 2 fully saturated rings. The summed E-state index contributed by atoms with van der Waals surface area (Å²) in [4.78, 5) is 26.4. The van der Waals surface area contributed by atoms with E-state index in [2.05, 4.69) is 21.2 Å². The maximum atomic E-state index is 12.7. The first kappa shape index (κ1) is 14.6. The van der Waals surface area contributed by atoms with E-state index in [4.69, 9.17) is 4.42 Å². The molecule has 0 bridgehead atoms. The fourth-order valence-electron chi connectivity index (χ4n) is 3.37. The quantitative estimate of drug-likeness (QED) is 0.667. The van der Waals surface area contributed by atoms with Gasteiger partial charge in [-0.25, -0.2) is 4.79 Å².